The normalized spacial score (nSPS) is 19.8. The smallest absolute Gasteiger partial charge is 0.260 e. The van der Waals surface area contributed by atoms with Crippen LogP contribution in [0.5, 0.6) is 0 Å². The summed E-state index contributed by atoms with van der Waals surface area (Å²) in [4.78, 5) is 4.37. The van der Waals surface area contributed by atoms with Crippen LogP contribution in [0.4, 0.5) is 4.39 Å². The fourth-order valence-electron chi connectivity index (χ4n) is 2.55. The first-order valence-corrected chi connectivity index (χ1v) is 7.08. The van der Waals surface area contributed by atoms with E-state index in [1.54, 1.807) is 25.1 Å². The topological polar surface area (TPSA) is 51.0 Å². The van der Waals surface area contributed by atoms with Crippen molar-refractivity contribution in [3.63, 3.8) is 0 Å². The minimum absolute atomic E-state index is 0.114. The Morgan fingerprint density at radius 3 is 3.10 bits per heavy atom. The number of aromatic nitrogens is 2. The van der Waals surface area contributed by atoms with Gasteiger partial charge < -0.3 is 9.84 Å². The van der Waals surface area contributed by atoms with E-state index in [4.69, 9.17) is 4.52 Å². The van der Waals surface area contributed by atoms with E-state index in [9.17, 15) is 4.39 Å². The molecule has 0 amide bonds. The second-order valence-electron chi connectivity index (χ2n) is 5.25. The molecule has 0 saturated carbocycles. The lowest BCUT2D eigenvalue weighted by Gasteiger charge is -2.09. The summed E-state index contributed by atoms with van der Waals surface area (Å²) in [5, 5.41) is 7.42. The van der Waals surface area contributed by atoms with E-state index in [0.29, 0.717) is 17.0 Å². The molecule has 106 valence electrons. The predicted molar refractivity (Wildman–Crippen MR) is 73.6 cm³/mol. The van der Waals surface area contributed by atoms with Crippen LogP contribution < -0.4 is 5.32 Å². The molecule has 20 heavy (non-hydrogen) atoms. The lowest BCUT2D eigenvalue weighted by atomic mass is 10.1. The molecular weight excluding hydrogens is 257 g/mol. The Morgan fingerprint density at radius 2 is 2.20 bits per heavy atom. The molecule has 1 aliphatic rings. The molecule has 0 radical (unpaired) electrons. The summed E-state index contributed by atoms with van der Waals surface area (Å²) in [6.07, 6.45) is 4.55. The summed E-state index contributed by atoms with van der Waals surface area (Å²) in [5.74, 6) is 0.589. The maximum atomic E-state index is 14.1. The third-order valence-electron chi connectivity index (χ3n) is 3.74. The molecule has 1 saturated heterocycles. The van der Waals surface area contributed by atoms with Crippen LogP contribution in [0.1, 0.15) is 43.1 Å². The lowest BCUT2D eigenvalue weighted by molar-refractivity contribution is 0.401. The molecule has 1 unspecified atom stereocenters. The van der Waals surface area contributed by atoms with Gasteiger partial charge in [0.05, 0.1) is 11.6 Å². The van der Waals surface area contributed by atoms with Crippen LogP contribution in [-0.2, 0) is 0 Å². The second kappa shape index (κ2) is 5.71. The molecular formula is C15H18FN3O. The van der Waals surface area contributed by atoms with Crippen molar-refractivity contribution in [3.8, 4) is 11.5 Å². The van der Waals surface area contributed by atoms with Crippen molar-refractivity contribution in [2.75, 3.05) is 6.54 Å². The van der Waals surface area contributed by atoms with Gasteiger partial charge in [-0.05, 0) is 37.9 Å². The number of halogens is 1. The van der Waals surface area contributed by atoms with Gasteiger partial charge in [-0.1, -0.05) is 30.1 Å². The van der Waals surface area contributed by atoms with E-state index in [1.165, 1.54) is 12.8 Å². The van der Waals surface area contributed by atoms with Gasteiger partial charge in [0.15, 0.2) is 5.82 Å². The number of aryl methyl sites for hydroxylation is 1. The van der Waals surface area contributed by atoms with Gasteiger partial charge in [-0.3, -0.25) is 0 Å². The van der Waals surface area contributed by atoms with E-state index in [-0.39, 0.29) is 17.7 Å². The number of rotatable bonds is 2. The maximum Gasteiger partial charge on any atom is 0.260 e. The van der Waals surface area contributed by atoms with Crippen LogP contribution in [0.25, 0.3) is 11.5 Å². The van der Waals surface area contributed by atoms with Crippen molar-refractivity contribution < 1.29 is 8.91 Å². The average molecular weight is 275 g/mol. The zero-order valence-electron chi connectivity index (χ0n) is 11.5. The third-order valence-corrected chi connectivity index (χ3v) is 3.74. The summed E-state index contributed by atoms with van der Waals surface area (Å²) >= 11 is 0. The zero-order chi connectivity index (χ0) is 13.9. The Hall–Kier alpha value is -1.75. The van der Waals surface area contributed by atoms with Gasteiger partial charge in [-0.2, -0.15) is 4.98 Å². The van der Waals surface area contributed by atoms with Crippen molar-refractivity contribution >= 4 is 0 Å². The molecule has 1 atom stereocenters. The van der Waals surface area contributed by atoms with Crippen molar-refractivity contribution in [1.82, 2.24) is 15.5 Å². The monoisotopic (exact) mass is 275 g/mol. The highest BCUT2D eigenvalue weighted by molar-refractivity contribution is 5.55. The summed E-state index contributed by atoms with van der Waals surface area (Å²) in [7, 11) is 0. The van der Waals surface area contributed by atoms with Crippen molar-refractivity contribution in [3.05, 3.63) is 35.4 Å². The summed E-state index contributed by atoms with van der Waals surface area (Å²) in [5.41, 5.74) is 0.951. The van der Waals surface area contributed by atoms with E-state index in [0.717, 1.165) is 19.4 Å². The van der Waals surface area contributed by atoms with Gasteiger partial charge in [-0.15, -0.1) is 0 Å². The number of nitrogens with one attached hydrogen (secondary N) is 1. The largest absolute Gasteiger partial charge is 0.334 e. The van der Waals surface area contributed by atoms with Gasteiger partial charge >= 0.3 is 0 Å². The lowest BCUT2D eigenvalue weighted by Crippen LogP contribution is -2.21. The SMILES string of the molecule is Cc1cccc(-c2nc(C3CCCCCN3)no2)c1F. The number of nitrogens with zero attached hydrogens (tertiary/aromatic N) is 2. The van der Waals surface area contributed by atoms with Crippen LogP contribution >= 0.6 is 0 Å². The molecule has 1 aliphatic heterocycles. The molecule has 2 heterocycles. The molecule has 5 heteroatoms. The molecule has 0 aliphatic carbocycles. The molecule has 0 bridgehead atoms. The summed E-state index contributed by atoms with van der Waals surface area (Å²) in [6, 6.07) is 5.30. The third kappa shape index (κ3) is 2.58. The average Bonchev–Trinajstić information content (AvgIpc) is 2.77. The zero-order valence-corrected chi connectivity index (χ0v) is 11.5. The Kier molecular flexibility index (Phi) is 3.78. The highest BCUT2D eigenvalue weighted by Crippen LogP contribution is 2.26. The van der Waals surface area contributed by atoms with Crippen LogP contribution in [0.15, 0.2) is 22.7 Å². The highest BCUT2D eigenvalue weighted by atomic mass is 19.1. The van der Waals surface area contributed by atoms with Gasteiger partial charge in [-0.25, -0.2) is 4.39 Å². The van der Waals surface area contributed by atoms with E-state index < -0.39 is 0 Å². The molecule has 3 rings (SSSR count). The fraction of sp³-hybridized carbons (Fsp3) is 0.467. The van der Waals surface area contributed by atoms with E-state index in [2.05, 4.69) is 15.5 Å². The Bertz CT molecular complexity index is 589. The number of hydrogen-bond donors (Lipinski definition) is 1. The van der Waals surface area contributed by atoms with Gasteiger partial charge in [0, 0.05) is 0 Å². The highest BCUT2D eigenvalue weighted by Gasteiger charge is 2.21. The van der Waals surface area contributed by atoms with Gasteiger partial charge in [0.2, 0.25) is 0 Å². The molecule has 4 nitrogen and oxygen atoms in total. The summed E-state index contributed by atoms with van der Waals surface area (Å²) < 4.78 is 19.3. The number of hydrogen-bond acceptors (Lipinski definition) is 4. The van der Waals surface area contributed by atoms with Crippen LogP contribution in [0.2, 0.25) is 0 Å². The molecule has 1 N–H and O–H groups in total. The van der Waals surface area contributed by atoms with Gasteiger partial charge in [0.25, 0.3) is 5.89 Å². The van der Waals surface area contributed by atoms with E-state index >= 15 is 0 Å². The van der Waals surface area contributed by atoms with Gasteiger partial charge in [0.1, 0.15) is 5.82 Å². The van der Waals surface area contributed by atoms with Crippen LogP contribution in [0, 0.1) is 12.7 Å². The first kappa shape index (κ1) is 13.2. The minimum Gasteiger partial charge on any atom is -0.334 e. The quantitative estimate of drug-likeness (QED) is 0.912. The standard InChI is InChI=1S/C15H18FN3O/c1-10-6-5-7-11(13(10)16)15-18-14(19-20-15)12-8-3-2-4-9-17-12/h5-7,12,17H,2-4,8-9H2,1H3. The Morgan fingerprint density at radius 1 is 1.30 bits per heavy atom. The van der Waals surface area contributed by atoms with Crippen molar-refractivity contribution in [1.29, 1.82) is 0 Å². The fourth-order valence-corrected chi connectivity index (χ4v) is 2.55. The molecule has 2 aromatic rings. The van der Waals surface area contributed by atoms with Crippen molar-refractivity contribution in [2.45, 2.75) is 38.6 Å². The van der Waals surface area contributed by atoms with Crippen molar-refractivity contribution in [2.24, 2.45) is 0 Å². The Labute approximate surface area is 117 Å². The molecule has 1 fully saturated rings. The molecule has 1 aromatic heterocycles. The Balaban J connectivity index is 1.87. The maximum absolute atomic E-state index is 14.1. The number of benzene rings is 1. The van der Waals surface area contributed by atoms with Crippen LogP contribution in [-0.4, -0.2) is 16.7 Å². The molecule has 1 aromatic carbocycles. The first-order chi connectivity index (χ1) is 9.75. The summed E-state index contributed by atoms with van der Waals surface area (Å²) in [6.45, 7) is 2.69. The van der Waals surface area contributed by atoms with E-state index in [1.807, 2.05) is 0 Å². The molecule has 0 spiro atoms. The predicted octanol–water partition coefficient (Wildman–Crippen LogP) is 3.39. The second-order valence-corrected chi connectivity index (χ2v) is 5.25. The first-order valence-electron chi connectivity index (χ1n) is 7.08. The van der Waals surface area contributed by atoms with Crippen LogP contribution in [0.3, 0.4) is 0 Å². The minimum atomic E-state index is -0.295.